The third-order valence-electron chi connectivity index (χ3n) is 3.41. The SMILES string of the molecule is CCCCOc1ccc(CNC(=O)C(C)CNC)cc1OC.Cl. The first kappa shape index (κ1) is 21.5. The van der Waals surface area contributed by atoms with Crippen LogP contribution < -0.4 is 20.1 Å². The molecule has 0 aliphatic carbocycles. The molecule has 0 saturated heterocycles. The summed E-state index contributed by atoms with van der Waals surface area (Å²) in [7, 11) is 3.46. The first-order valence-electron chi connectivity index (χ1n) is 7.84. The third kappa shape index (κ3) is 7.57. The summed E-state index contributed by atoms with van der Waals surface area (Å²) in [6.45, 7) is 5.86. The molecule has 0 spiro atoms. The zero-order valence-corrected chi connectivity index (χ0v) is 15.3. The summed E-state index contributed by atoms with van der Waals surface area (Å²) in [5.74, 6) is 1.43. The highest BCUT2D eigenvalue weighted by Gasteiger charge is 2.12. The Hall–Kier alpha value is -1.46. The molecule has 2 N–H and O–H groups in total. The summed E-state index contributed by atoms with van der Waals surface area (Å²) >= 11 is 0. The zero-order chi connectivity index (χ0) is 16.4. The van der Waals surface area contributed by atoms with E-state index in [2.05, 4.69) is 17.6 Å². The molecule has 0 bridgehead atoms. The number of carbonyl (C=O) groups is 1. The molecule has 0 radical (unpaired) electrons. The van der Waals surface area contributed by atoms with Crippen molar-refractivity contribution >= 4 is 18.3 Å². The van der Waals surface area contributed by atoms with Crippen LogP contribution in [0.2, 0.25) is 0 Å². The van der Waals surface area contributed by atoms with Crippen LogP contribution in [0.15, 0.2) is 18.2 Å². The molecule has 0 fully saturated rings. The van der Waals surface area contributed by atoms with Crippen molar-refractivity contribution in [2.45, 2.75) is 33.2 Å². The fourth-order valence-corrected chi connectivity index (χ4v) is 2.03. The van der Waals surface area contributed by atoms with Crippen molar-refractivity contribution in [1.82, 2.24) is 10.6 Å². The van der Waals surface area contributed by atoms with Crippen molar-refractivity contribution in [2.75, 3.05) is 27.3 Å². The zero-order valence-electron chi connectivity index (χ0n) is 14.5. The lowest BCUT2D eigenvalue weighted by Gasteiger charge is -2.14. The first-order chi connectivity index (χ1) is 10.6. The molecule has 0 aliphatic heterocycles. The van der Waals surface area contributed by atoms with E-state index < -0.39 is 0 Å². The Bertz CT molecular complexity index is 469. The summed E-state index contributed by atoms with van der Waals surface area (Å²) in [6.07, 6.45) is 2.11. The van der Waals surface area contributed by atoms with Crippen molar-refractivity contribution in [3.05, 3.63) is 23.8 Å². The number of nitrogens with one attached hydrogen (secondary N) is 2. The highest BCUT2D eigenvalue weighted by atomic mass is 35.5. The fraction of sp³-hybridized carbons (Fsp3) is 0.588. The van der Waals surface area contributed by atoms with Crippen LogP contribution in [0, 0.1) is 5.92 Å². The van der Waals surface area contributed by atoms with Crippen LogP contribution in [0.3, 0.4) is 0 Å². The maximum Gasteiger partial charge on any atom is 0.224 e. The van der Waals surface area contributed by atoms with Crippen LogP contribution in [-0.4, -0.2) is 33.2 Å². The minimum atomic E-state index is -0.0523. The van der Waals surface area contributed by atoms with Gasteiger partial charge in [-0.15, -0.1) is 12.4 Å². The average molecular weight is 345 g/mol. The molecule has 0 aromatic heterocycles. The van der Waals surface area contributed by atoms with E-state index in [1.54, 1.807) is 7.11 Å². The topological polar surface area (TPSA) is 59.6 Å². The van der Waals surface area contributed by atoms with E-state index in [1.165, 1.54) is 0 Å². The second kappa shape index (κ2) is 12.0. The molecule has 0 aliphatic rings. The van der Waals surface area contributed by atoms with Crippen LogP contribution in [-0.2, 0) is 11.3 Å². The van der Waals surface area contributed by atoms with Gasteiger partial charge in [-0.1, -0.05) is 26.3 Å². The van der Waals surface area contributed by atoms with Gasteiger partial charge < -0.3 is 20.1 Å². The molecule has 1 aromatic rings. The van der Waals surface area contributed by atoms with Crippen LogP contribution in [0.5, 0.6) is 11.5 Å². The highest BCUT2D eigenvalue weighted by molar-refractivity contribution is 5.85. The predicted molar refractivity (Wildman–Crippen MR) is 95.6 cm³/mol. The van der Waals surface area contributed by atoms with Gasteiger partial charge in [-0.2, -0.15) is 0 Å². The normalized spacial score (nSPS) is 11.3. The van der Waals surface area contributed by atoms with Crippen molar-refractivity contribution in [3.8, 4) is 11.5 Å². The minimum absolute atomic E-state index is 0. The minimum Gasteiger partial charge on any atom is -0.493 e. The fourth-order valence-electron chi connectivity index (χ4n) is 2.03. The number of methoxy groups -OCH3 is 1. The Morgan fingerprint density at radius 3 is 2.65 bits per heavy atom. The molecule has 1 rings (SSSR count). The predicted octanol–water partition coefficient (Wildman–Crippen LogP) is 2.77. The second-order valence-electron chi connectivity index (χ2n) is 5.36. The van der Waals surface area contributed by atoms with E-state index in [-0.39, 0.29) is 24.2 Å². The number of carbonyl (C=O) groups excluding carboxylic acids is 1. The second-order valence-corrected chi connectivity index (χ2v) is 5.36. The van der Waals surface area contributed by atoms with Gasteiger partial charge in [0.2, 0.25) is 5.91 Å². The van der Waals surface area contributed by atoms with E-state index in [0.717, 1.165) is 24.2 Å². The first-order valence-corrected chi connectivity index (χ1v) is 7.84. The summed E-state index contributed by atoms with van der Waals surface area (Å²) in [5, 5.41) is 5.93. The Labute approximate surface area is 145 Å². The summed E-state index contributed by atoms with van der Waals surface area (Å²) in [6, 6.07) is 5.75. The summed E-state index contributed by atoms with van der Waals surface area (Å²) < 4.78 is 11.1. The number of benzene rings is 1. The van der Waals surface area contributed by atoms with Crippen molar-refractivity contribution < 1.29 is 14.3 Å². The maximum atomic E-state index is 11.9. The van der Waals surface area contributed by atoms with E-state index in [1.807, 2.05) is 32.2 Å². The number of ether oxygens (including phenoxy) is 2. The smallest absolute Gasteiger partial charge is 0.224 e. The van der Waals surface area contributed by atoms with Gasteiger partial charge in [0.1, 0.15) is 0 Å². The van der Waals surface area contributed by atoms with Gasteiger partial charge in [0.25, 0.3) is 0 Å². The molecule has 0 saturated carbocycles. The number of halogens is 1. The van der Waals surface area contributed by atoms with Gasteiger partial charge in [-0.05, 0) is 31.2 Å². The van der Waals surface area contributed by atoms with E-state index in [4.69, 9.17) is 9.47 Å². The van der Waals surface area contributed by atoms with Gasteiger partial charge >= 0.3 is 0 Å². The molecule has 6 heteroatoms. The van der Waals surface area contributed by atoms with Crippen molar-refractivity contribution in [1.29, 1.82) is 0 Å². The van der Waals surface area contributed by atoms with Crippen LogP contribution >= 0.6 is 12.4 Å². The molecule has 23 heavy (non-hydrogen) atoms. The number of rotatable bonds is 10. The summed E-state index contributed by atoms with van der Waals surface area (Å²) in [5.41, 5.74) is 0.990. The van der Waals surface area contributed by atoms with Gasteiger partial charge in [-0.25, -0.2) is 0 Å². The Morgan fingerprint density at radius 1 is 1.30 bits per heavy atom. The lowest BCUT2D eigenvalue weighted by Crippen LogP contribution is -2.33. The molecule has 5 nitrogen and oxygen atoms in total. The van der Waals surface area contributed by atoms with Gasteiger partial charge in [0.05, 0.1) is 13.7 Å². The molecule has 0 heterocycles. The van der Waals surface area contributed by atoms with Crippen LogP contribution in [0.25, 0.3) is 0 Å². The van der Waals surface area contributed by atoms with E-state index in [0.29, 0.717) is 25.4 Å². The van der Waals surface area contributed by atoms with E-state index >= 15 is 0 Å². The lowest BCUT2D eigenvalue weighted by atomic mass is 10.1. The monoisotopic (exact) mass is 344 g/mol. The molecular formula is C17H29ClN2O3. The van der Waals surface area contributed by atoms with Crippen molar-refractivity contribution in [3.63, 3.8) is 0 Å². The molecule has 1 unspecified atom stereocenters. The number of hydrogen-bond donors (Lipinski definition) is 2. The highest BCUT2D eigenvalue weighted by Crippen LogP contribution is 2.28. The van der Waals surface area contributed by atoms with E-state index in [9.17, 15) is 4.79 Å². The average Bonchev–Trinajstić information content (AvgIpc) is 2.53. The maximum absolute atomic E-state index is 11.9. The van der Waals surface area contributed by atoms with Gasteiger partial charge in [-0.3, -0.25) is 4.79 Å². The Balaban J connectivity index is 0.00000484. The Kier molecular flexibility index (Phi) is 11.3. The van der Waals surface area contributed by atoms with Gasteiger partial charge in [0, 0.05) is 19.0 Å². The van der Waals surface area contributed by atoms with Crippen LogP contribution in [0.1, 0.15) is 32.3 Å². The molecule has 132 valence electrons. The molecule has 1 amide bonds. The van der Waals surface area contributed by atoms with Gasteiger partial charge in [0.15, 0.2) is 11.5 Å². The molecule has 1 atom stereocenters. The summed E-state index contributed by atoms with van der Waals surface area (Å²) in [4.78, 5) is 11.9. The lowest BCUT2D eigenvalue weighted by molar-refractivity contribution is -0.124. The standard InChI is InChI=1S/C17H28N2O3.ClH/c1-5-6-9-22-15-8-7-14(10-16(15)21-4)12-19-17(20)13(2)11-18-3;/h7-8,10,13,18H,5-6,9,11-12H2,1-4H3,(H,19,20);1H. The van der Waals surface area contributed by atoms with Crippen molar-refractivity contribution in [2.24, 2.45) is 5.92 Å². The largest absolute Gasteiger partial charge is 0.493 e. The quantitative estimate of drug-likeness (QED) is 0.641. The number of unbranched alkanes of at least 4 members (excludes halogenated alkanes) is 1. The Morgan fingerprint density at radius 2 is 2.04 bits per heavy atom. The molecule has 1 aromatic carbocycles. The van der Waals surface area contributed by atoms with Crippen LogP contribution in [0.4, 0.5) is 0 Å². The third-order valence-corrected chi connectivity index (χ3v) is 3.41. The number of hydrogen-bond acceptors (Lipinski definition) is 4. The molecular weight excluding hydrogens is 316 g/mol. The number of amides is 1.